The molecule has 8 heteroatoms. The number of para-hydroxylation sites is 1. The third kappa shape index (κ3) is 3.28. The Hall–Kier alpha value is -3.03. The maximum absolute atomic E-state index is 12.3. The summed E-state index contributed by atoms with van der Waals surface area (Å²) < 4.78 is 6.23. The quantitative estimate of drug-likeness (QED) is 0.594. The number of allylic oxidation sites excluding steroid dienone is 1. The van der Waals surface area contributed by atoms with Crippen molar-refractivity contribution in [2.45, 2.75) is 25.8 Å². The fraction of sp³-hybridized carbons (Fsp3) is 0.353. The van der Waals surface area contributed by atoms with Gasteiger partial charge < -0.3 is 9.64 Å². The van der Waals surface area contributed by atoms with E-state index in [2.05, 4.69) is 35.4 Å². The van der Waals surface area contributed by atoms with E-state index in [1.54, 1.807) is 6.08 Å². The monoisotopic (exact) mass is 341 g/mol. The van der Waals surface area contributed by atoms with Gasteiger partial charge in [-0.2, -0.15) is 0 Å². The summed E-state index contributed by atoms with van der Waals surface area (Å²) in [5.74, 6) is -0.839. The number of nitrogens with zero attached hydrogens (tertiary/aromatic N) is 5. The molecule has 1 aliphatic heterocycles. The maximum Gasteiger partial charge on any atom is 0.328 e. The van der Waals surface area contributed by atoms with Gasteiger partial charge in [0.1, 0.15) is 12.9 Å². The van der Waals surface area contributed by atoms with Crippen molar-refractivity contribution in [2.75, 3.05) is 18.6 Å². The molecule has 0 N–H and O–H groups in total. The smallest absolute Gasteiger partial charge is 0.328 e. The summed E-state index contributed by atoms with van der Waals surface area (Å²) in [5, 5.41) is 10.4. The fourth-order valence-electron chi connectivity index (χ4n) is 3.04. The van der Waals surface area contributed by atoms with Crippen LogP contribution in [-0.4, -0.2) is 45.6 Å². The van der Waals surface area contributed by atoms with Gasteiger partial charge in [-0.15, -0.1) is 5.10 Å². The van der Waals surface area contributed by atoms with Crippen LogP contribution in [0.1, 0.15) is 19.4 Å². The van der Waals surface area contributed by atoms with Crippen LogP contribution in [0.4, 0.5) is 5.69 Å². The van der Waals surface area contributed by atoms with E-state index in [9.17, 15) is 9.59 Å². The number of benzene rings is 1. The molecule has 3 rings (SSSR count). The van der Waals surface area contributed by atoms with Crippen LogP contribution in [0.3, 0.4) is 0 Å². The van der Waals surface area contributed by atoms with Crippen LogP contribution in [0, 0.1) is 0 Å². The van der Waals surface area contributed by atoms with E-state index >= 15 is 0 Å². The van der Waals surface area contributed by atoms with Crippen molar-refractivity contribution in [2.24, 2.45) is 0 Å². The lowest BCUT2D eigenvalue weighted by Crippen LogP contribution is -2.25. The van der Waals surface area contributed by atoms with E-state index in [0.29, 0.717) is 0 Å². The van der Waals surface area contributed by atoms with Crippen LogP contribution in [0.25, 0.3) is 0 Å². The molecule has 2 heterocycles. The second-order valence-electron chi connectivity index (χ2n) is 6.37. The van der Waals surface area contributed by atoms with Crippen LogP contribution in [0.2, 0.25) is 0 Å². The zero-order valence-corrected chi connectivity index (χ0v) is 14.3. The van der Waals surface area contributed by atoms with Crippen LogP contribution < -0.4 is 4.90 Å². The Kier molecular flexibility index (Phi) is 4.35. The number of carbonyl (C=O) groups excluding carboxylic acids is 2. The molecule has 0 saturated carbocycles. The second kappa shape index (κ2) is 6.46. The summed E-state index contributed by atoms with van der Waals surface area (Å²) >= 11 is 0. The Morgan fingerprint density at radius 1 is 1.28 bits per heavy atom. The molecule has 8 nitrogen and oxygen atoms in total. The number of fused-ring (bicyclic) bond motifs is 1. The van der Waals surface area contributed by atoms with E-state index < -0.39 is 5.97 Å². The molecule has 0 radical (unpaired) electrons. The number of hydrogen-bond acceptors (Lipinski definition) is 7. The lowest BCUT2D eigenvalue weighted by molar-refractivity contribution is -0.147. The van der Waals surface area contributed by atoms with Crippen LogP contribution in [0.5, 0.6) is 0 Å². The minimum Gasteiger partial charge on any atom is -0.456 e. The first-order valence-corrected chi connectivity index (χ1v) is 7.84. The van der Waals surface area contributed by atoms with Gasteiger partial charge >= 0.3 is 5.97 Å². The van der Waals surface area contributed by atoms with Gasteiger partial charge in [0.15, 0.2) is 12.4 Å². The molecule has 0 saturated heterocycles. The van der Waals surface area contributed by atoms with Crippen molar-refractivity contribution in [1.29, 1.82) is 0 Å². The normalized spacial score (nSPS) is 16.8. The molecule has 130 valence electrons. The Morgan fingerprint density at radius 2 is 2.04 bits per heavy atom. The molecule has 2 aromatic rings. The fourth-order valence-corrected chi connectivity index (χ4v) is 3.04. The van der Waals surface area contributed by atoms with Crippen molar-refractivity contribution in [3.05, 3.63) is 47.9 Å². The summed E-state index contributed by atoms with van der Waals surface area (Å²) in [6.07, 6.45) is 2.85. The number of anilines is 1. The first-order chi connectivity index (χ1) is 11.9. The number of aromatic nitrogens is 4. The largest absolute Gasteiger partial charge is 0.456 e. The molecule has 0 aliphatic carbocycles. The number of likely N-dealkylation sites (N-methyl/N-ethyl adjacent to an activating group) is 1. The average Bonchev–Trinajstić information content (AvgIpc) is 3.15. The first-order valence-electron chi connectivity index (χ1n) is 7.84. The molecule has 0 unspecified atom stereocenters. The molecule has 0 bridgehead atoms. The number of ketones is 1. The van der Waals surface area contributed by atoms with Crippen molar-refractivity contribution in [3.63, 3.8) is 0 Å². The van der Waals surface area contributed by atoms with Crippen molar-refractivity contribution in [1.82, 2.24) is 20.2 Å². The van der Waals surface area contributed by atoms with Gasteiger partial charge in [0.25, 0.3) is 0 Å². The van der Waals surface area contributed by atoms with Gasteiger partial charge in [0.05, 0.1) is 0 Å². The van der Waals surface area contributed by atoms with E-state index in [4.69, 9.17) is 4.74 Å². The molecule has 0 atom stereocenters. The molecule has 0 amide bonds. The minimum absolute atomic E-state index is 0.131. The topological polar surface area (TPSA) is 90.2 Å². The van der Waals surface area contributed by atoms with Crippen molar-refractivity contribution in [3.8, 4) is 0 Å². The van der Waals surface area contributed by atoms with Crippen LogP contribution >= 0.6 is 0 Å². The Balaban J connectivity index is 1.66. The lowest BCUT2D eigenvalue weighted by Gasteiger charge is -2.23. The lowest BCUT2D eigenvalue weighted by atomic mass is 9.83. The number of hydrogen-bond donors (Lipinski definition) is 0. The molecular weight excluding hydrogens is 322 g/mol. The molecule has 1 aliphatic rings. The molecule has 0 spiro atoms. The third-order valence-electron chi connectivity index (χ3n) is 4.30. The summed E-state index contributed by atoms with van der Waals surface area (Å²) in [4.78, 5) is 26.0. The van der Waals surface area contributed by atoms with Crippen LogP contribution in [0.15, 0.2) is 42.4 Å². The van der Waals surface area contributed by atoms with Gasteiger partial charge in [-0.1, -0.05) is 32.0 Å². The van der Waals surface area contributed by atoms with Gasteiger partial charge in [-0.05, 0) is 22.1 Å². The number of rotatable bonds is 5. The standard InChI is InChI=1S/C17H19N5O3/c1-17(2)13-6-4-5-7-14(13)21(3)15(17)8-12(23)10-25-16(24)9-22-11-18-19-20-22/h4-8,11H,9-10H2,1-3H3/b15-8-. The summed E-state index contributed by atoms with van der Waals surface area (Å²) in [7, 11) is 1.93. The van der Waals surface area contributed by atoms with Gasteiger partial charge in [-0.3, -0.25) is 9.59 Å². The Morgan fingerprint density at radius 3 is 2.72 bits per heavy atom. The summed E-state index contributed by atoms with van der Waals surface area (Å²) in [6.45, 7) is 3.69. The maximum atomic E-state index is 12.3. The second-order valence-corrected chi connectivity index (χ2v) is 6.37. The van der Waals surface area contributed by atoms with Gasteiger partial charge in [0, 0.05) is 29.9 Å². The Labute approximate surface area is 145 Å². The number of tetrazole rings is 1. The summed E-state index contributed by atoms with van der Waals surface area (Å²) in [6, 6.07) is 8.04. The number of carbonyl (C=O) groups is 2. The molecule has 1 aromatic carbocycles. The highest BCUT2D eigenvalue weighted by atomic mass is 16.5. The third-order valence-corrected chi connectivity index (χ3v) is 4.30. The summed E-state index contributed by atoms with van der Waals surface area (Å²) in [5.41, 5.74) is 2.81. The highest BCUT2D eigenvalue weighted by molar-refractivity contribution is 5.94. The van der Waals surface area contributed by atoms with E-state index in [0.717, 1.165) is 16.9 Å². The van der Waals surface area contributed by atoms with Crippen molar-refractivity contribution >= 4 is 17.4 Å². The molecule has 0 fully saturated rings. The minimum atomic E-state index is -0.568. The van der Waals surface area contributed by atoms with E-state index in [1.165, 1.54) is 11.0 Å². The zero-order chi connectivity index (χ0) is 18.0. The molecule has 25 heavy (non-hydrogen) atoms. The number of ether oxygens (including phenoxy) is 1. The van der Waals surface area contributed by atoms with E-state index in [1.807, 2.05) is 30.1 Å². The van der Waals surface area contributed by atoms with Gasteiger partial charge in [0.2, 0.25) is 0 Å². The van der Waals surface area contributed by atoms with Crippen molar-refractivity contribution < 1.29 is 14.3 Å². The molecular formula is C17H19N5O3. The zero-order valence-electron chi connectivity index (χ0n) is 14.3. The number of esters is 1. The average molecular weight is 341 g/mol. The predicted molar refractivity (Wildman–Crippen MR) is 89.7 cm³/mol. The Bertz CT molecular complexity index is 827. The SMILES string of the molecule is CN1/C(=C\C(=O)COC(=O)Cn2cnnn2)C(C)(C)c2ccccc21. The predicted octanol–water partition coefficient (Wildman–Crippen LogP) is 1.10. The highest BCUT2D eigenvalue weighted by Gasteiger charge is 2.38. The molecule has 1 aromatic heterocycles. The van der Waals surface area contributed by atoms with E-state index in [-0.39, 0.29) is 24.3 Å². The highest BCUT2D eigenvalue weighted by Crippen LogP contribution is 2.46. The van der Waals surface area contributed by atoms with Crippen LogP contribution in [-0.2, 0) is 26.3 Å². The first kappa shape index (κ1) is 16.8. The van der Waals surface area contributed by atoms with Gasteiger partial charge in [-0.25, -0.2) is 4.68 Å².